The van der Waals surface area contributed by atoms with E-state index in [4.69, 9.17) is 6.42 Å². The molecule has 0 spiro atoms. The summed E-state index contributed by atoms with van der Waals surface area (Å²) < 4.78 is 11.2. The van der Waals surface area contributed by atoms with Crippen molar-refractivity contribution in [2.75, 3.05) is 6.67 Å². The molecule has 7 heavy (non-hydrogen) atoms. The Morgan fingerprint density at radius 1 is 1.43 bits per heavy atom. The van der Waals surface area contributed by atoms with Crippen LogP contribution in [0.25, 0.3) is 0 Å². The molecule has 0 N–H and O–H groups in total. The first-order valence-corrected chi connectivity index (χ1v) is 2.41. The third-order valence-corrected chi connectivity index (χ3v) is 0.705. The Labute approximate surface area is 43.7 Å². The number of terminal acetylenes is 1. The monoisotopic (exact) mass is 100 g/mol. The maximum absolute atomic E-state index is 11.2. The molecule has 0 fully saturated rings. The second kappa shape index (κ2) is 5.49. The first kappa shape index (κ1) is 6.49. The summed E-state index contributed by atoms with van der Waals surface area (Å²) in [6, 6.07) is 0. The van der Waals surface area contributed by atoms with E-state index >= 15 is 0 Å². The Kier molecular flexibility index (Phi) is 5.09. The fourth-order valence-corrected chi connectivity index (χ4v) is 0.322. The summed E-state index contributed by atoms with van der Waals surface area (Å²) >= 11 is 0. The molecule has 0 amide bonds. The molecule has 0 aliphatic carbocycles. The molecule has 0 rings (SSSR count). The molecule has 0 radical (unpaired) electrons. The van der Waals surface area contributed by atoms with Gasteiger partial charge in [0.25, 0.3) is 0 Å². The zero-order valence-corrected chi connectivity index (χ0v) is 4.28. The molecule has 0 aromatic carbocycles. The van der Waals surface area contributed by atoms with Gasteiger partial charge in [0.15, 0.2) is 0 Å². The molecular formula is C6H9F. The van der Waals surface area contributed by atoms with Crippen LogP contribution < -0.4 is 0 Å². The summed E-state index contributed by atoms with van der Waals surface area (Å²) in [6.45, 7) is -0.234. The molecule has 0 bridgehead atoms. The Morgan fingerprint density at radius 2 is 2.14 bits per heavy atom. The van der Waals surface area contributed by atoms with Crippen molar-refractivity contribution in [3.05, 3.63) is 0 Å². The zero-order chi connectivity index (χ0) is 5.54. The van der Waals surface area contributed by atoms with E-state index in [-0.39, 0.29) is 6.67 Å². The van der Waals surface area contributed by atoms with Crippen molar-refractivity contribution in [2.24, 2.45) is 0 Å². The number of hydrogen-bond acceptors (Lipinski definition) is 0. The van der Waals surface area contributed by atoms with Gasteiger partial charge in [-0.25, -0.2) is 0 Å². The van der Waals surface area contributed by atoms with Gasteiger partial charge in [-0.3, -0.25) is 4.39 Å². The quantitative estimate of drug-likeness (QED) is 0.374. The molecule has 0 unspecified atom stereocenters. The summed E-state index contributed by atoms with van der Waals surface area (Å²) in [6.07, 6.45) is 7.05. The summed E-state index contributed by atoms with van der Waals surface area (Å²) in [5, 5.41) is 0. The van der Waals surface area contributed by atoms with E-state index < -0.39 is 0 Å². The molecule has 0 nitrogen and oxygen atoms in total. The predicted octanol–water partition coefficient (Wildman–Crippen LogP) is 1.76. The second-order valence-electron chi connectivity index (χ2n) is 1.35. The van der Waals surface area contributed by atoms with E-state index in [9.17, 15) is 4.39 Å². The summed E-state index contributed by atoms with van der Waals surface area (Å²) in [5.74, 6) is 2.44. The van der Waals surface area contributed by atoms with Gasteiger partial charge in [0, 0.05) is 6.42 Å². The largest absolute Gasteiger partial charge is 0.251 e. The average Bonchev–Trinajstić information content (AvgIpc) is 1.69. The van der Waals surface area contributed by atoms with Crippen molar-refractivity contribution in [1.29, 1.82) is 0 Å². The minimum absolute atomic E-state index is 0.234. The molecule has 0 aromatic rings. The van der Waals surface area contributed by atoms with Crippen molar-refractivity contribution in [1.82, 2.24) is 0 Å². The van der Waals surface area contributed by atoms with Gasteiger partial charge in [-0.15, -0.1) is 12.3 Å². The third kappa shape index (κ3) is 5.49. The molecule has 0 atom stereocenters. The normalized spacial score (nSPS) is 8.00. The van der Waals surface area contributed by atoms with Gasteiger partial charge < -0.3 is 0 Å². The minimum Gasteiger partial charge on any atom is -0.251 e. The lowest BCUT2D eigenvalue weighted by molar-refractivity contribution is 0.464. The lowest BCUT2D eigenvalue weighted by Crippen LogP contribution is -1.73. The highest BCUT2D eigenvalue weighted by Gasteiger charge is 1.80. The number of hydrogen-bond donors (Lipinski definition) is 0. The maximum atomic E-state index is 11.2. The molecule has 0 aromatic heterocycles. The Hall–Kier alpha value is -0.510. The first-order chi connectivity index (χ1) is 3.41. The Balaban J connectivity index is 2.60. The Morgan fingerprint density at radius 3 is 2.57 bits per heavy atom. The van der Waals surface area contributed by atoms with Crippen LogP contribution in [0.2, 0.25) is 0 Å². The highest BCUT2D eigenvalue weighted by Crippen LogP contribution is 1.92. The van der Waals surface area contributed by atoms with E-state index in [0.717, 1.165) is 6.42 Å². The number of alkyl halides is 1. The van der Waals surface area contributed by atoms with Crippen molar-refractivity contribution in [3.63, 3.8) is 0 Å². The standard InChI is InChI=1S/C6H9F/c1-2-3-4-5-6-7/h1H,3-6H2. The summed E-state index contributed by atoms with van der Waals surface area (Å²) in [7, 11) is 0. The molecule has 0 aliphatic heterocycles. The molecule has 40 valence electrons. The first-order valence-electron chi connectivity index (χ1n) is 2.41. The van der Waals surface area contributed by atoms with Crippen LogP contribution in [-0.4, -0.2) is 6.67 Å². The highest BCUT2D eigenvalue weighted by atomic mass is 19.1. The van der Waals surface area contributed by atoms with Gasteiger partial charge in [-0.2, -0.15) is 0 Å². The van der Waals surface area contributed by atoms with Crippen LogP contribution in [0.3, 0.4) is 0 Å². The van der Waals surface area contributed by atoms with Crippen LogP contribution in [0.1, 0.15) is 19.3 Å². The third-order valence-electron chi connectivity index (χ3n) is 0.705. The minimum atomic E-state index is -0.234. The van der Waals surface area contributed by atoms with Crippen molar-refractivity contribution in [2.45, 2.75) is 19.3 Å². The topological polar surface area (TPSA) is 0 Å². The van der Waals surface area contributed by atoms with E-state index in [1.807, 2.05) is 0 Å². The molecule has 0 heterocycles. The van der Waals surface area contributed by atoms with Crippen LogP contribution >= 0.6 is 0 Å². The fourth-order valence-electron chi connectivity index (χ4n) is 0.322. The van der Waals surface area contributed by atoms with Crippen LogP contribution in [0.4, 0.5) is 4.39 Å². The maximum Gasteiger partial charge on any atom is 0.0894 e. The number of rotatable bonds is 3. The lowest BCUT2D eigenvalue weighted by atomic mass is 10.3. The van der Waals surface area contributed by atoms with Gasteiger partial charge in [0.1, 0.15) is 0 Å². The number of unbranched alkanes of at least 4 members (excludes halogenated alkanes) is 2. The van der Waals surface area contributed by atoms with Crippen molar-refractivity contribution >= 4 is 0 Å². The van der Waals surface area contributed by atoms with Gasteiger partial charge in [0.05, 0.1) is 6.67 Å². The zero-order valence-electron chi connectivity index (χ0n) is 4.28. The molecule has 0 aliphatic rings. The van der Waals surface area contributed by atoms with Gasteiger partial charge in [-0.1, -0.05) is 0 Å². The highest BCUT2D eigenvalue weighted by molar-refractivity contribution is 4.82. The van der Waals surface area contributed by atoms with Crippen LogP contribution in [0, 0.1) is 12.3 Å². The van der Waals surface area contributed by atoms with E-state index in [2.05, 4.69) is 5.92 Å². The van der Waals surface area contributed by atoms with Crippen LogP contribution in [0.15, 0.2) is 0 Å². The number of halogens is 1. The summed E-state index contributed by atoms with van der Waals surface area (Å²) in [4.78, 5) is 0. The fraction of sp³-hybridized carbons (Fsp3) is 0.667. The lowest BCUT2D eigenvalue weighted by Gasteiger charge is -1.84. The molecule has 0 saturated heterocycles. The van der Waals surface area contributed by atoms with Crippen molar-refractivity contribution < 1.29 is 4.39 Å². The van der Waals surface area contributed by atoms with E-state index in [1.165, 1.54) is 0 Å². The predicted molar refractivity (Wildman–Crippen MR) is 28.7 cm³/mol. The van der Waals surface area contributed by atoms with Crippen molar-refractivity contribution in [3.8, 4) is 12.3 Å². The summed E-state index contributed by atoms with van der Waals surface area (Å²) in [5.41, 5.74) is 0. The van der Waals surface area contributed by atoms with Crippen LogP contribution in [-0.2, 0) is 0 Å². The van der Waals surface area contributed by atoms with E-state index in [1.54, 1.807) is 0 Å². The van der Waals surface area contributed by atoms with Gasteiger partial charge >= 0.3 is 0 Å². The van der Waals surface area contributed by atoms with E-state index in [0.29, 0.717) is 12.8 Å². The molecular weight excluding hydrogens is 91.1 g/mol. The second-order valence-corrected chi connectivity index (χ2v) is 1.35. The average molecular weight is 100 g/mol. The smallest absolute Gasteiger partial charge is 0.0894 e. The molecule has 0 saturated carbocycles. The molecule has 1 heteroatoms. The Bertz CT molecular complexity index is 61.1. The SMILES string of the molecule is C#CCCCCF. The van der Waals surface area contributed by atoms with Gasteiger partial charge in [0.2, 0.25) is 0 Å². The van der Waals surface area contributed by atoms with Gasteiger partial charge in [-0.05, 0) is 12.8 Å². The van der Waals surface area contributed by atoms with Crippen LogP contribution in [0.5, 0.6) is 0 Å².